The maximum Gasteiger partial charge on any atom is 0.260 e. The van der Waals surface area contributed by atoms with E-state index in [1.165, 1.54) is 24.3 Å². The van der Waals surface area contributed by atoms with Crippen LogP contribution in [-0.4, -0.2) is 27.0 Å². The molecule has 3 rings (SSSR count). The minimum absolute atomic E-state index is 0.109. The van der Waals surface area contributed by atoms with Crippen LogP contribution in [0, 0.1) is 0 Å². The molecule has 0 saturated heterocycles. The third-order valence-electron chi connectivity index (χ3n) is 3.53. The number of para-hydroxylation sites is 2. The topological polar surface area (TPSA) is 112 Å². The fourth-order valence-corrected chi connectivity index (χ4v) is 2.27. The Morgan fingerprint density at radius 1 is 0.654 bits per heavy atom. The summed E-state index contributed by atoms with van der Waals surface area (Å²) in [6, 6.07) is 17.0. The van der Waals surface area contributed by atoms with Gasteiger partial charge in [0.05, 0.1) is 11.1 Å². The van der Waals surface area contributed by atoms with Crippen molar-refractivity contribution in [2.75, 3.05) is 10.6 Å². The number of hydrogen-bond acceptors (Lipinski definition) is 5. The number of aromatic hydroxyl groups is 2. The Bertz CT molecular complexity index is 898. The van der Waals surface area contributed by atoms with Gasteiger partial charge in [-0.05, 0) is 36.4 Å². The van der Waals surface area contributed by atoms with Gasteiger partial charge < -0.3 is 20.8 Å². The number of phenolic OH excluding ortho intramolecular Hbond substituents is 2. The van der Waals surface area contributed by atoms with Crippen molar-refractivity contribution in [1.82, 2.24) is 4.98 Å². The van der Waals surface area contributed by atoms with Crippen LogP contribution in [0.5, 0.6) is 11.5 Å². The molecule has 0 aliphatic carbocycles. The molecule has 0 atom stereocenters. The number of nitrogens with one attached hydrogen (secondary N) is 2. The second-order valence-electron chi connectivity index (χ2n) is 5.35. The predicted molar refractivity (Wildman–Crippen MR) is 96.4 cm³/mol. The molecule has 2 amide bonds. The van der Waals surface area contributed by atoms with E-state index in [1.807, 2.05) is 0 Å². The molecule has 0 bridgehead atoms. The highest BCUT2D eigenvalue weighted by Gasteiger charge is 2.13. The van der Waals surface area contributed by atoms with Gasteiger partial charge in [-0.15, -0.1) is 0 Å². The average Bonchev–Trinajstić information content (AvgIpc) is 2.62. The first-order valence-electron chi connectivity index (χ1n) is 7.70. The number of aromatic nitrogens is 1. The molecule has 0 aliphatic rings. The van der Waals surface area contributed by atoms with Gasteiger partial charge in [0.15, 0.2) is 0 Å². The third kappa shape index (κ3) is 3.78. The van der Waals surface area contributed by atoms with E-state index in [0.717, 1.165) is 0 Å². The van der Waals surface area contributed by atoms with E-state index in [1.54, 1.807) is 42.5 Å². The molecule has 7 heteroatoms. The van der Waals surface area contributed by atoms with Gasteiger partial charge >= 0.3 is 0 Å². The fourth-order valence-electron chi connectivity index (χ4n) is 2.27. The molecule has 1 heterocycles. The van der Waals surface area contributed by atoms with Crippen molar-refractivity contribution in [2.24, 2.45) is 0 Å². The number of carbonyl (C=O) groups excluding carboxylic acids is 2. The molecule has 1 aromatic heterocycles. The summed E-state index contributed by atoms with van der Waals surface area (Å²) in [6.45, 7) is 0. The van der Waals surface area contributed by atoms with Crippen molar-refractivity contribution in [3.8, 4) is 11.5 Å². The van der Waals surface area contributed by atoms with E-state index in [0.29, 0.717) is 0 Å². The minimum Gasteiger partial charge on any atom is -0.507 e. The Labute approximate surface area is 149 Å². The SMILES string of the molecule is O=C(Nc1cccc(NC(=O)c2ccccc2O)n1)c1ccccc1O. The van der Waals surface area contributed by atoms with E-state index >= 15 is 0 Å². The summed E-state index contributed by atoms with van der Waals surface area (Å²) in [6.07, 6.45) is 0. The summed E-state index contributed by atoms with van der Waals surface area (Å²) in [4.78, 5) is 28.5. The van der Waals surface area contributed by atoms with Crippen LogP contribution >= 0.6 is 0 Å². The van der Waals surface area contributed by atoms with Crippen molar-refractivity contribution >= 4 is 23.5 Å². The molecule has 2 aromatic carbocycles. The number of pyridine rings is 1. The van der Waals surface area contributed by atoms with E-state index in [4.69, 9.17) is 0 Å². The fraction of sp³-hybridized carbons (Fsp3) is 0. The average molecular weight is 349 g/mol. The van der Waals surface area contributed by atoms with E-state index in [2.05, 4.69) is 15.6 Å². The lowest BCUT2D eigenvalue weighted by Crippen LogP contribution is -2.16. The van der Waals surface area contributed by atoms with Crippen LogP contribution in [-0.2, 0) is 0 Å². The predicted octanol–water partition coefficient (Wildman–Crippen LogP) is 3.00. The van der Waals surface area contributed by atoms with E-state index in [9.17, 15) is 19.8 Å². The summed E-state index contributed by atoms with van der Waals surface area (Å²) in [7, 11) is 0. The number of rotatable bonds is 4. The van der Waals surface area contributed by atoms with Crippen LogP contribution in [0.25, 0.3) is 0 Å². The molecule has 0 fully saturated rings. The van der Waals surface area contributed by atoms with Gasteiger partial charge in [-0.1, -0.05) is 30.3 Å². The highest BCUT2D eigenvalue weighted by atomic mass is 16.3. The number of carbonyl (C=O) groups is 2. The first kappa shape index (κ1) is 17.0. The van der Waals surface area contributed by atoms with Crippen LogP contribution in [0.1, 0.15) is 20.7 Å². The smallest absolute Gasteiger partial charge is 0.260 e. The number of hydrogen-bond donors (Lipinski definition) is 4. The maximum absolute atomic E-state index is 12.2. The summed E-state index contributed by atoms with van der Waals surface area (Å²) in [5.74, 6) is -0.941. The second kappa shape index (κ2) is 7.35. The highest BCUT2D eigenvalue weighted by Crippen LogP contribution is 2.19. The summed E-state index contributed by atoms with van der Waals surface area (Å²) >= 11 is 0. The molecule has 0 spiro atoms. The Hall–Kier alpha value is -3.87. The monoisotopic (exact) mass is 349 g/mol. The zero-order chi connectivity index (χ0) is 18.5. The van der Waals surface area contributed by atoms with Gasteiger partial charge in [0.2, 0.25) is 0 Å². The Morgan fingerprint density at radius 2 is 1.08 bits per heavy atom. The van der Waals surface area contributed by atoms with Gasteiger partial charge in [0.1, 0.15) is 23.1 Å². The Balaban J connectivity index is 1.74. The largest absolute Gasteiger partial charge is 0.507 e. The maximum atomic E-state index is 12.2. The van der Waals surface area contributed by atoms with Crippen molar-refractivity contribution in [3.05, 3.63) is 77.9 Å². The highest BCUT2D eigenvalue weighted by molar-refractivity contribution is 6.07. The van der Waals surface area contributed by atoms with Crippen LogP contribution in [0.4, 0.5) is 11.6 Å². The zero-order valence-corrected chi connectivity index (χ0v) is 13.5. The lowest BCUT2D eigenvalue weighted by atomic mass is 10.2. The normalized spacial score (nSPS) is 10.2. The van der Waals surface area contributed by atoms with Crippen LogP contribution < -0.4 is 10.6 Å². The molecule has 3 aromatic rings. The van der Waals surface area contributed by atoms with Gasteiger partial charge in [0, 0.05) is 0 Å². The van der Waals surface area contributed by atoms with Gasteiger partial charge in [-0.2, -0.15) is 0 Å². The number of amides is 2. The molecule has 0 radical (unpaired) electrons. The van der Waals surface area contributed by atoms with Crippen molar-refractivity contribution in [3.63, 3.8) is 0 Å². The van der Waals surface area contributed by atoms with E-state index < -0.39 is 11.8 Å². The van der Waals surface area contributed by atoms with Crippen molar-refractivity contribution in [2.45, 2.75) is 0 Å². The molecule has 26 heavy (non-hydrogen) atoms. The van der Waals surface area contributed by atoms with Crippen molar-refractivity contribution < 1.29 is 19.8 Å². The molecule has 0 saturated carbocycles. The molecule has 4 N–H and O–H groups in total. The Kier molecular flexibility index (Phi) is 4.80. The number of anilines is 2. The quantitative estimate of drug-likeness (QED) is 0.578. The van der Waals surface area contributed by atoms with E-state index in [-0.39, 0.29) is 34.3 Å². The third-order valence-corrected chi connectivity index (χ3v) is 3.53. The summed E-state index contributed by atoms with van der Waals surface area (Å²) in [5.41, 5.74) is 0.218. The minimum atomic E-state index is -0.528. The summed E-state index contributed by atoms with van der Waals surface area (Å²) in [5, 5.41) is 24.6. The number of benzene rings is 2. The van der Waals surface area contributed by atoms with Gasteiger partial charge in [-0.25, -0.2) is 4.98 Å². The Morgan fingerprint density at radius 3 is 1.50 bits per heavy atom. The standard InChI is InChI=1S/C19H15N3O4/c23-14-8-3-1-6-12(14)18(25)21-16-10-5-11-17(20-16)22-19(26)13-7-2-4-9-15(13)24/h1-11,23-24H,(H2,20,21,22,25,26). The molecule has 0 aliphatic heterocycles. The molecule has 0 unspecified atom stereocenters. The summed E-state index contributed by atoms with van der Waals surface area (Å²) < 4.78 is 0. The molecular weight excluding hydrogens is 334 g/mol. The van der Waals surface area contributed by atoms with Crippen LogP contribution in [0.2, 0.25) is 0 Å². The first-order chi connectivity index (χ1) is 12.5. The molecular formula is C19H15N3O4. The van der Waals surface area contributed by atoms with Crippen molar-refractivity contribution in [1.29, 1.82) is 0 Å². The number of nitrogens with zero attached hydrogens (tertiary/aromatic N) is 1. The first-order valence-corrected chi connectivity index (χ1v) is 7.70. The number of phenols is 2. The lowest BCUT2D eigenvalue weighted by molar-refractivity contribution is 0.101. The van der Waals surface area contributed by atoms with Gasteiger partial charge in [0.25, 0.3) is 11.8 Å². The second-order valence-corrected chi connectivity index (χ2v) is 5.35. The lowest BCUT2D eigenvalue weighted by Gasteiger charge is -2.09. The molecule has 130 valence electrons. The van der Waals surface area contributed by atoms with Crippen LogP contribution in [0.15, 0.2) is 66.7 Å². The zero-order valence-electron chi connectivity index (χ0n) is 13.5. The molecule has 7 nitrogen and oxygen atoms in total. The van der Waals surface area contributed by atoms with Gasteiger partial charge in [-0.3, -0.25) is 9.59 Å². The van der Waals surface area contributed by atoms with Crippen LogP contribution in [0.3, 0.4) is 0 Å².